The Morgan fingerprint density at radius 2 is 2.00 bits per heavy atom. The molecule has 0 aromatic heterocycles. The minimum absolute atomic E-state index is 0.0833. The molecule has 0 spiro atoms. The van der Waals surface area contributed by atoms with Gasteiger partial charge in [0.05, 0.1) is 0 Å². The van der Waals surface area contributed by atoms with Crippen LogP contribution in [-0.4, -0.2) is 12.5 Å². The highest BCUT2D eigenvalue weighted by Crippen LogP contribution is 2.49. The largest absolute Gasteiger partial charge is 0.312 e. The van der Waals surface area contributed by atoms with Gasteiger partial charge in [0.2, 0.25) is 5.91 Å². The number of rotatable bonds is 2. The number of hydrogen-bond donors (Lipinski definition) is 0. The van der Waals surface area contributed by atoms with E-state index in [9.17, 15) is 13.6 Å². The van der Waals surface area contributed by atoms with Crippen LogP contribution in [0.4, 0.5) is 14.5 Å². The first kappa shape index (κ1) is 15.3. The van der Waals surface area contributed by atoms with Crippen molar-refractivity contribution in [3.8, 4) is 0 Å². The van der Waals surface area contributed by atoms with Crippen molar-refractivity contribution in [2.45, 2.75) is 32.1 Å². The van der Waals surface area contributed by atoms with Gasteiger partial charge in [0.1, 0.15) is 11.6 Å². The summed E-state index contributed by atoms with van der Waals surface area (Å²) in [6.45, 7) is 2.52. The Labute approximate surface area is 140 Å². The van der Waals surface area contributed by atoms with Gasteiger partial charge in [-0.3, -0.25) is 4.79 Å². The molecule has 124 valence electrons. The second-order valence-corrected chi connectivity index (χ2v) is 6.83. The highest BCUT2D eigenvalue weighted by molar-refractivity contribution is 5.99. The zero-order chi connectivity index (χ0) is 16.8. The first-order valence-corrected chi connectivity index (χ1v) is 8.40. The third-order valence-corrected chi connectivity index (χ3v) is 5.09. The molecule has 2 unspecified atom stereocenters. The molecule has 2 nitrogen and oxygen atoms in total. The van der Waals surface area contributed by atoms with E-state index in [-0.39, 0.29) is 29.4 Å². The monoisotopic (exact) mass is 327 g/mol. The van der Waals surface area contributed by atoms with E-state index in [1.54, 1.807) is 12.1 Å². The molecule has 4 rings (SSSR count). The molecule has 0 bridgehead atoms. The third kappa shape index (κ3) is 2.60. The summed E-state index contributed by atoms with van der Waals surface area (Å²) in [4.78, 5) is 14.8. The highest BCUT2D eigenvalue weighted by atomic mass is 19.1. The fraction of sp³-hybridized carbons (Fsp3) is 0.350. The van der Waals surface area contributed by atoms with Crippen molar-refractivity contribution in [3.05, 3.63) is 64.7 Å². The van der Waals surface area contributed by atoms with Crippen LogP contribution < -0.4 is 4.90 Å². The maximum absolute atomic E-state index is 13.6. The molecule has 2 aliphatic rings. The summed E-state index contributed by atoms with van der Waals surface area (Å²) < 4.78 is 27.0. The van der Waals surface area contributed by atoms with Crippen molar-refractivity contribution >= 4 is 11.6 Å². The molecule has 0 radical (unpaired) electrons. The van der Waals surface area contributed by atoms with Gasteiger partial charge < -0.3 is 4.90 Å². The molecule has 1 amide bonds. The van der Waals surface area contributed by atoms with Crippen LogP contribution in [0.15, 0.2) is 36.4 Å². The molecule has 2 aromatic rings. The van der Waals surface area contributed by atoms with Crippen LogP contribution in [0.3, 0.4) is 0 Å². The molecule has 24 heavy (non-hydrogen) atoms. The maximum Gasteiger partial charge on any atom is 0.230 e. The molecule has 1 saturated carbocycles. The average molecular weight is 327 g/mol. The van der Waals surface area contributed by atoms with Crippen LogP contribution >= 0.6 is 0 Å². The van der Waals surface area contributed by atoms with Gasteiger partial charge in [0.15, 0.2) is 0 Å². The molecule has 2 aromatic carbocycles. The van der Waals surface area contributed by atoms with E-state index in [1.807, 2.05) is 17.9 Å². The Hall–Kier alpha value is -2.23. The van der Waals surface area contributed by atoms with Gasteiger partial charge in [-0.05, 0) is 73.1 Å². The molecule has 1 fully saturated rings. The zero-order valence-corrected chi connectivity index (χ0v) is 13.6. The zero-order valence-electron chi connectivity index (χ0n) is 13.6. The van der Waals surface area contributed by atoms with Crippen LogP contribution in [0, 0.1) is 24.5 Å². The van der Waals surface area contributed by atoms with Crippen molar-refractivity contribution in [1.29, 1.82) is 0 Å². The standard InChI is InChI=1S/C20H19F2NO/c1-12-8-16(22)10-14-5-3-7-23(19(12)14)20(24)18-11-17(18)13-4-2-6-15(21)9-13/h2,4,6,8-10,17-18H,3,5,7,11H2,1H3. The second kappa shape index (κ2) is 5.69. The molecule has 1 aliphatic carbocycles. The van der Waals surface area contributed by atoms with Gasteiger partial charge in [-0.1, -0.05) is 12.1 Å². The summed E-state index contributed by atoms with van der Waals surface area (Å²) in [5.74, 6) is -0.425. The van der Waals surface area contributed by atoms with Crippen LogP contribution in [0.25, 0.3) is 0 Å². The van der Waals surface area contributed by atoms with Gasteiger partial charge in [-0.2, -0.15) is 0 Å². The summed E-state index contributed by atoms with van der Waals surface area (Å²) >= 11 is 0. The minimum atomic E-state index is -0.264. The Morgan fingerprint density at radius 3 is 2.79 bits per heavy atom. The number of carbonyl (C=O) groups is 1. The predicted octanol–water partition coefficient (Wildman–Crippen LogP) is 4.36. The fourth-order valence-electron chi connectivity index (χ4n) is 3.92. The normalized spacial score (nSPS) is 22.2. The number of anilines is 1. The number of nitrogens with zero attached hydrogens (tertiary/aromatic N) is 1. The number of fused-ring (bicyclic) bond motifs is 1. The second-order valence-electron chi connectivity index (χ2n) is 6.83. The van der Waals surface area contributed by atoms with Gasteiger partial charge in [0, 0.05) is 18.2 Å². The lowest BCUT2D eigenvalue weighted by Crippen LogP contribution is -2.37. The molecule has 0 N–H and O–H groups in total. The molecular formula is C20H19F2NO. The molecule has 4 heteroatoms. The molecule has 2 atom stereocenters. The summed E-state index contributed by atoms with van der Waals surface area (Å²) in [6, 6.07) is 9.53. The smallest absolute Gasteiger partial charge is 0.230 e. The van der Waals surface area contributed by atoms with E-state index in [0.717, 1.165) is 41.6 Å². The van der Waals surface area contributed by atoms with Crippen LogP contribution in [0.2, 0.25) is 0 Å². The van der Waals surface area contributed by atoms with Gasteiger partial charge in [-0.25, -0.2) is 8.78 Å². The lowest BCUT2D eigenvalue weighted by molar-refractivity contribution is -0.120. The minimum Gasteiger partial charge on any atom is -0.312 e. The molecule has 1 heterocycles. The first-order chi connectivity index (χ1) is 11.5. The van der Waals surface area contributed by atoms with Crippen molar-refractivity contribution < 1.29 is 13.6 Å². The Morgan fingerprint density at radius 1 is 1.17 bits per heavy atom. The van der Waals surface area contributed by atoms with E-state index in [2.05, 4.69) is 0 Å². The summed E-state index contributed by atoms with van der Waals surface area (Å²) in [5.41, 5.74) is 3.48. The number of benzene rings is 2. The van der Waals surface area contributed by atoms with Crippen molar-refractivity contribution in [2.75, 3.05) is 11.4 Å². The van der Waals surface area contributed by atoms with E-state index < -0.39 is 0 Å². The van der Waals surface area contributed by atoms with Crippen molar-refractivity contribution in [2.24, 2.45) is 5.92 Å². The lowest BCUT2D eigenvalue weighted by Gasteiger charge is -2.31. The first-order valence-electron chi connectivity index (χ1n) is 8.40. The molecule has 1 aliphatic heterocycles. The molecular weight excluding hydrogens is 308 g/mol. The summed E-state index contributed by atoms with van der Waals surface area (Å²) in [5, 5.41) is 0. The fourth-order valence-corrected chi connectivity index (χ4v) is 3.92. The van der Waals surface area contributed by atoms with Gasteiger partial charge in [0.25, 0.3) is 0 Å². The number of aryl methyl sites for hydroxylation is 2. The topological polar surface area (TPSA) is 20.3 Å². The highest BCUT2D eigenvalue weighted by Gasteiger charge is 2.46. The van der Waals surface area contributed by atoms with Crippen LogP contribution in [0.5, 0.6) is 0 Å². The summed E-state index contributed by atoms with van der Waals surface area (Å²) in [6.07, 6.45) is 2.41. The Balaban J connectivity index is 1.59. The van der Waals surface area contributed by atoms with E-state index in [4.69, 9.17) is 0 Å². The quantitative estimate of drug-likeness (QED) is 0.803. The van der Waals surface area contributed by atoms with Gasteiger partial charge >= 0.3 is 0 Å². The summed E-state index contributed by atoms with van der Waals surface area (Å²) in [7, 11) is 0. The number of hydrogen-bond acceptors (Lipinski definition) is 1. The van der Waals surface area contributed by atoms with Crippen molar-refractivity contribution in [1.82, 2.24) is 0 Å². The number of amides is 1. The number of halogens is 2. The molecule has 0 saturated heterocycles. The average Bonchev–Trinajstić information content (AvgIpc) is 3.34. The van der Waals surface area contributed by atoms with Crippen LogP contribution in [-0.2, 0) is 11.2 Å². The van der Waals surface area contributed by atoms with E-state index in [0.29, 0.717) is 6.54 Å². The van der Waals surface area contributed by atoms with E-state index >= 15 is 0 Å². The predicted molar refractivity (Wildman–Crippen MR) is 89.1 cm³/mol. The SMILES string of the molecule is Cc1cc(F)cc2c1N(C(=O)C1CC1c1cccc(F)c1)CCC2. The maximum atomic E-state index is 13.6. The van der Waals surface area contributed by atoms with E-state index in [1.165, 1.54) is 18.2 Å². The van der Waals surface area contributed by atoms with Crippen LogP contribution in [0.1, 0.15) is 35.4 Å². The number of carbonyl (C=O) groups excluding carboxylic acids is 1. The lowest BCUT2D eigenvalue weighted by atomic mass is 9.97. The van der Waals surface area contributed by atoms with Crippen molar-refractivity contribution in [3.63, 3.8) is 0 Å². The third-order valence-electron chi connectivity index (χ3n) is 5.09. The Kier molecular flexibility index (Phi) is 3.63. The Bertz CT molecular complexity index is 817. The van der Waals surface area contributed by atoms with Gasteiger partial charge in [-0.15, -0.1) is 0 Å².